The Morgan fingerprint density at radius 1 is 0.361 bits per heavy atom. The van der Waals surface area contributed by atoms with E-state index in [9.17, 15) is 0 Å². The van der Waals surface area contributed by atoms with E-state index in [0.29, 0.717) is 0 Å². The van der Waals surface area contributed by atoms with E-state index in [2.05, 4.69) is 240 Å². The molecule has 72 heavy (non-hydrogen) atoms. The van der Waals surface area contributed by atoms with E-state index >= 15 is 0 Å². The molecule has 0 atom stereocenters. The molecule has 0 saturated carbocycles. The molecule has 0 N–H and O–H groups in total. The number of para-hydroxylation sites is 2. The van der Waals surface area contributed by atoms with E-state index in [1.807, 2.05) is 12.1 Å². The van der Waals surface area contributed by atoms with Gasteiger partial charge in [-0.3, -0.25) is 0 Å². The molecule has 5 heteroatoms. The maximum absolute atomic E-state index is 7.25. The van der Waals surface area contributed by atoms with Crippen molar-refractivity contribution >= 4 is 110 Å². The van der Waals surface area contributed by atoms with E-state index < -0.39 is 0 Å². The topological polar surface area (TPSA) is 45.9 Å². The van der Waals surface area contributed by atoms with E-state index in [-0.39, 0.29) is 0 Å². The minimum atomic E-state index is 0.803. The van der Waals surface area contributed by atoms with Crippen molar-refractivity contribution in [1.82, 2.24) is 0 Å². The normalized spacial score (nSPS) is 12.8. The molecule has 3 aromatic heterocycles. The SMILES string of the molecule is C1=CCN(c2ccc3oc4c(ccc5c(N(c6ccccc6)c6ccc7c(c6)oc6ccccc67)cc6cc(-c7cccc(-c8ccccc8)c7)c7oc8ccc(-c9ccccc9)cc8c7c6c54)c3c2)C=C1. The van der Waals surface area contributed by atoms with Gasteiger partial charge in [0.2, 0.25) is 0 Å². The smallest absolute Gasteiger partial charge is 0.143 e. The van der Waals surface area contributed by atoms with Crippen LogP contribution in [0.2, 0.25) is 0 Å². The third kappa shape index (κ3) is 6.34. The van der Waals surface area contributed by atoms with Crippen LogP contribution in [0.1, 0.15) is 0 Å². The first-order chi connectivity index (χ1) is 35.7. The molecule has 5 nitrogen and oxygen atoms in total. The van der Waals surface area contributed by atoms with Gasteiger partial charge in [0, 0.05) is 89.9 Å². The van der Waals surface area contributed by atoms with Gasteiger partial charge in [-0.2, -0.15) is 0 Å². The maximum Gasteiger partial charge on any atom is 0.143 e. The van der Waals surface area contributed by atoms with Gasteiger partial charge in [0.05, 0.1) is 5.69 Å². The fraction of sp³-hybridized carbons (Fsp3) is 0.0149. The van der Waals surface area contributed by atoms with Crippen LogP contribution in [0.3, 0.4) is 0 Å². The Morgan fingerprint density at radius 2 is 1.01 bits per heavy atom. The molecule has 4 heterocycles. The molecule has 1 aliphatic rings. The zero-order chi connectivity index (χ0) is 47.3. The van der Waals surface area contributed by atoms with Crippen LogP contribution in [0.15, 0.2) is 256 Å². The Labute approximate surface area is 414 Å². The fourth-order valence-electron chi connectivity index (χ4n) is 11.3. The summed E-state index contributed by atoms with van der Waals surface area (Å²) in [6, 6.07) is 78.0. The predicted octanol–water partition coefficient (Wildman–Crippen LogP) is 19.1. The van der Waals surface area contributed by atoms with Crippen LogP contribution in [-0.4, -0.2) is 6.54 Å². The Morgan fingerprint density at radius 3 is 1.83 bits per heavy atom. The maximum atomic E-state index is 7.25. The van der Waals surface area contributed by atoms with E-state index in [1.54, 1.807) is 0 Å². The molecule has 338 valence electrons. The number of anilines is 4. The summed E-state index contributed by atoms with van der Waals surface area (Å²) in [6.45, 7) is 0.803. The van der Waals surface area contributed by atoms with Crippen LogP contribution in [0.4, 0.5) is 22.7 Å². The predicted molar refractivity (Wildman–Crippen MR) is 300 cm³/mol. The third-order valence-corrected chi connectivity index (χ3v) is 14.6. The summed E-state index contributed by atoms with van der Waals surface area (Å²) < 4.78 is 21.0. The quantitative estimate of drug-likeness (QED) is 0.149. The fourth-order valence-corrected chi connectivity index (χ4v) is 11.3. The lowest BCUT2D eigenvalue weighted by molar-refractivity contribution is 0.669. The molecular weight excluding hydrogens is 881 g/mol. The average molecular weight is 923 g/mol. The summed E-state index contributed by atoms with van der Waals surface area (Å²) in [4.78, 5) is 4.64. The standard InChI is InChI=1S/C67H42N2O3/c1-5-16-42(17-6-1)44-20-15-21-46(36-44)55-38-47-39-58(69(48-22-9-3-10-23-48)50-27-29-52-51-24-11-12-25-59(51)70-62(52)41-50)54-31-30-53-56-40-49(68-34-13-4-14-35-68)28-33-60(56)71-66(53)64(54)63(47)65-57-37-45(43-18-7-2-8-19-43)26-32-61(57)72-67(55)65/h1-34,36-41H,35H2. The van der Waals surface area contributed by atoms with E-state index in [0.717, 1.165) is 150 Å². The third-order valence-electron chi connectivity index (χ3n) is 14.6. The Balaban J connectivity index is 1.10. The Hall–Kier alpha value is -9.58. The number of allylic oxidation sites excluding steroid dienone is 2. The van der Waals surface area contributed by atoms with Crippen LogP contribution < -0.4 is 9.80 Å². The van der Waals surface area contributed by atoms with Gasteiger partial charge >= 0.3 is 0 Å². The van der Waals surface area contributed by atoms with Crippen molar-refractivity contribution in [3.63, 3.8) is 0 Å². The van der Waals surface area contributed by atoms with Gasteiger partial charge < -0.3 is 23.1 Å². The van der Waals surface area contributed by atoms with Crippen LogP contribution in [0.25, 0.3) is 121 Å². The largest absolute Gasteiger partial charge is 0.456 e. The molecule has 0 fully saturated rings. The number of furan rings is 3. The van der Waals surface area contributed by atoms with Crippen LogP contribution in [-0.2, 0) is 0 Å². The second kappa shape index (κ2) is 16.0. The van der Waals surface area contributed by atoms with Crippen molar-refractivity contribution in [1.29, 1.82) is 0 Å². The average Bonchev–Trinajstić information content (AvgIpc) is 4.15. The van der Waals surface area contributed by atoms with Crippen molar-refractivity contribution < 1.29 is 13.3 Å². The van der Waals surface area contributed by atoms with Crippen LogP contribution in [0, 0.1) is 0 Å². The summed E-state index contributed by atoms with van der Waals surface area (Å²) in [5.74, 6) is 0. The minimum Gasteiger partial charge on any atom is -0.456 e. The van der Waals surface area contributed by atoms with Gasteiger partial charge in [-0.1, -0.05) is 140 Å². The van der Waals surface area contributed by atoms with Crippen LogP contribution >= 0.6 is 0 Å². The number of nitrogens with zero attached hydrogens (tertiary/aromatic N) is 2. The minimum absolute atomic E-state index is 0.803. The molecular formula is C67H42N2O3. The highest BCUT2D eigenvalue weighted by atomic mass is 16.3. The highest BCUT2D eigenvalue weighted by Gasteiger charge is 2.26. The number of hydrogen-bond acceptors (Lipinski definition) is 5. The van der Waals surface area contributed by atoms with Crippen molar-refractivity contribution in [3.8, 4) is 33.4 Å². The lowest BCUT2D eigenvalue weighted by Crippen LogP contribution is -2.17. The van der Waals surface area contributed by atoms with Gasteiger partial charge in [0.15, 0.2) is 0 Å². The van der Waals surface area contributed by atoms with Crippen molar-refractivity contribution in [2.24, 2.45) is 0 Å². The molecule has 0 bridgehead atoms. The Bertz CT molecular complexity index is 4540. The monoisotopic (exact) mass is 922 g/mol. The highest BCUT2D eigenvalue weighted by Crippen LogP contribution is 2.51. The number of benzene rings is 11. The van der Waals surface area contributed by atoms with Gasteiger partial charge in [0.25, 0.3) is 0 Å². The lowest BCUT2D eigenvalue weighted by Gasteiger charge is -2.27. The van der Waals surface area contributed by atoms with Gasteiger partial charge in [0.1, 0.15) is 33.5 Å². The number of hydrogen-bond donors (Lipinski definition) is 0. The molecule has 0 spiro atoms. The van der Waals surface area contributed by atoms with E-state index in [1.165, 1.54) is 0 Å². The van der Waals surface area contributed by atoms with Crippen LogP contribution in [0.5, 0.6) is 0 Å². The molecule has 15 rings (SSSR count). The lowest BCUT2D eigenvalue weighted by atomic mass is 9.90. The molecule has 0 radical (unpaired) electrons. The first kappa shape index (κ1) is 40.3. The molecule has 11 aromatic carbocycles. The Kier molecular flexibility index (Phi) is 8.95. The molecule has 0 amide bonds. The van der Waals surface area contributed by atoms with Gasteiger partial charge in [-0.05, 0) is 124 Å². The van der Waals surface area contributed by atoms with Crippen molar-refractivity contribution in [2.75, 3.05) is 16.3 Å². The summed E-state index contributed by atoms with van der Waals surface area (Å²) in [7, 11) is 0. The van der Waals surface area contributed by atoms with Crippen molar-refractivity contribution in [3.05, 3.63) is 243 Å². The first-order valence-corrected chi connectivity index (χ1v) is 24.5. The van der Waals surface area contributed by atoms with Gasteiger partial charge in [-0.25, -0.2) is 0 Å². The van der Waals surface area contributed by atoms with Crippen molar-refractivity contribution in [2.45, 2.75) is 0 Å². The summed E-state index contributed by atoms with van der Waals surface area (Å²) >= 11 is 0. The summed E-state index contributed by atoms with van der Waals surface area (Å²) in [6.07, 6.45) is 8.50. The first-order valence-electron chi connectivity index (χ1n) is 24.5. The summed E-state index contributed by atoms with van der Waals surface area (Å²) in [5.41, 5.74) is 15.8. The molecule has 1 aliphatic heterocycles. The highest BCUT2D eigenvalue weighted by molar-refractivity contribution is 6.36. The van der Waals surface area contributed by atoms with Gasteiger partial charge in [-0.15, -0.1) is 0 Å². The molecule has 0 saturated heterocycles. The molecule has 14 aromatic rings. The summed E-state index contributed by atoms with van der Waals surface area (Å²) in [5, 5.41) is 10.6. The molecule has 0 aliphatic carbocycles. The van der Waals surface area contributed by atoms with E-state index in [4.69, 9.17) is 13.3 Å². The number of fused-ring (bicyclic) bond motifs is 14. The zero-order valence-electron chi connectivity index (χ0n) is 38.9. The molecule has 0 unspecified atom stereocenters. The second-order valence-corrected chi connectivity index (χ2v) is 18.8. The zero-order valence-corrected chi connectivity index (χ0v) is 38.9. The second-order valence-electron chi connectivity index (χ2n) is 18.8. The number of rotatable bonds is 7.